The SMILES string of the molecule is CC1CCCC(C)(C(=O)O)CCC1. The van der Waals surface area contributed by atoms with Gasteiger partial charge in [0.05, 0.1) is 5.41 Å². The van der Waals surface area contributed by atoms with Crippen LogP contribution in [0.4, 0.5) is 0 Å². The minimum Gasteiger partial charge on any atom is -0.481 e. The standard InChI is InChI=1S/C11H20O2/c1-9-5-3-7-11(2,10(12)13)8-4-6-9/h9H,3-8H2,1-2H3,(H,12,13). The van der Waals surface area contributed by atoms with E-state index in [0.717, 1.165) is 31.6 Å². The molecule has 0 radical (unpaired) electrons. The van der Waals surface area contributed by atoms with Crippen LogP contribution in [0.5, 0.6) is 0 Å². The Kier molecular flexibility index (Phi) is 3.34. The highest BCUT2D eigenvalue weighted by Gasteiger charge is 2.33. The third-order valence-corrected chi connectivity index (χ3v) is 3.37. The maximum absolute atomic E-state index is 11.0. The molecular formula is C11H20O2. The van der Waals surface area contributed by atoms with E-state index in [0.29, 0.717) is 0 Å². The maximum Gasteiger partial charge on any atom is 0.309 e. The van der Waals surface area contributed by atoms with Gasteiger partial charge in [0.25, 0.3) is 0 Å². The third-order valence-electron chi connectivity index (χ3n) is 3.37. The molecule has 0 aliphatic heterocycles. The Morgan fingerprint density at radius 3 is 2.15 bits per heavy atom. The molecule has 0 bridgehead atoms. The first-order chi connectivity index (χ1) is 6.04. The first-order valence-electron chi connectivity index (χ1n) is 5.28. The predicted octanol–water partition coefficient (Wildman–Crippen LogP) is 3.07. The van der Waals surface area contributed by atoms with Crippen molar-refractivity contribution in [2.24, 2.45) is 11.3 Å². The van der Waals surface area contributed by atoms with E-state index >= 15 is 0 Å². The molecule has 0 amide bonds. The topological polar surface area (TPSA) is 37.3 Å². The van der Waals surface area contributed by atoms with Crippen LogP contribution in [0, 0.1) is 11.3 Å². The Hall–Kier alpha value is -0.530. The van der Waals surface area contributed by atoms with Crippen LogP contribution in [0.15, 0.2) is 0 Å². The van der Waals surface area contributed by atoms with Crippen LogP contribution in [0.2, 0.25) is 0 Å². The van der Waals surface area contributed by atoms with E-state index in [9.17, 15) is 4.79 Å². The summed E-state index contributed by atoms with van der Waals surface area (Å²) in [6.07, 6.45) is 6.25. The Bertz CT molecular complexity index is 177. The van der Waals surface area contributed by atoms with Gasteiger partial charge in [-0.05, 0) is 25.7 Å². The summed E-state index contributed by atoms with van der Waals surface area (Å²) in [5.41, 5.74) is -0.444. The highest BCUT2D eigenvalue weighted by Crippen LogP contribution is 2.35. The van der Waals surface area contributed by atoms with E-state index in [1.54, 1.807) is 0 Å². The quantitative estimate of drug-likeness (QED) is 0.680. The maximum atomic E-state index is 11.0. The summed E-state index contributed by atoms with van der Waals surface area (Å²) in [5.74, 6) is 0.181. The van der Waals surface area contributed by atoms with Gasteiger partial charge in [0.1, 0.15) is 0 Å². The molecule has 0 heterocycles. The molecule has 0 aromatic rings. The fourth-order valence-electron chi connectivity index (χ4n) is 2.16. The molecule has 0 spiro atoms. The summed E-state index contributed by atoms with van der Waals surface area (Å²) < 4.78 is 0. The van der Waals surface area contributed by atoms with Crippen molar-refractivity contribution in [1.29, 1.82) is 0 Å². The summed E-state index contributed by atoms with van der Waals surface area (Å²) in [6, 6.07) is 0. The normalized spacial score (nSPS) is 36.3. The van der Waals surface area contributed by atoms with Gasteiger partial charge in [-0.3, -0.25) is 4.79 Å². The fourth-order valence-corrected chi connectivity index (χ4v) is 2.16. The van der Waals surface area contributed by atoms with E-state index in [1.807, 2.05) is 6.92 Å². The molecule has 2 heteroatoms. The lowest BCUT2D eigenvalue weighted by atomic mass is 9.76. The molecule has 1 aliphatic carbocycles. The summed E-state index contributed by atoms with van der Waals surface area (Å²) >= 11 is 0. The number of hydrogen-bond donors (Lipinski definition) is 1. The second-order valence-electron chi connectivity index (χ2n) is 4.76. The Morgan fingerprint density at radius 2 is 1.77 bits per heavy atom. The van der Waals surface area contributed by atoms with Crippen LogP contribution < -0.4 is 0 Å². The van der Waals surface area contributed by atoms with Crippen molar-refractivity contribution in [2.45, 2.75) is 52.4 Å². The Labute approximate surface area is 80.3 Å². The van der Waals surface area contributed by atoms with Gasteiger partial charge < -0.3 is 5.11 Å². The van der Waals surface area contributed by atoms with Crippen molar-refractivity contribution >= 4 is 5.97 Å². The zero-order valence-electron chi connectivity index (χ0n) is 8.68. The summed E-state index contributed by atoms with van der Waals surface area (Å²) in [6.45, 7) is 4.16. The van der Waals surface area contributed by atoms with Gasteiger partial charge in [0.15, 0.2) is 0 Å². The number of aliphatic carboxylic acids is 1. The molecular weight excluding hydrogens is 164 g/mol. The van der Waals surface area contributed by atoms with Crippen molar-refractivity contribution in [1.82, 2.24) is 0 Å². The van der Waals surface area contributed by atoms with Crippen molar-refractivity contribution in [2.75, 3.05) is 0 Å². The van der Waals surface area contributed by atoms with E-state index in [1.165, 1.54) is 12.8 Å². The van der Waals surface area contributed by atoms with Gasteiger partial charge in [-0.1, -0.05) is 32.6 Å². The number of hydrogen-bond acceptors (Lipinski definition) is 1. The monoisotopic (exact) mass is 184 g/mol. The fraction of sp³-hybridized carbons (Fsp3) is 0.909. The van der Waals surface area contributed by atoms with Gasteiger partial charge in [0.2, 0.25) is 0 Å². The number of rotatable bonds is 1. The van der Waals surface area contributed by atoms with Gasteiger partial charge in [0, 0.05) is 0 Å². The van der Waals surface area contributed by atoms with Gasteiger partial charge >= 0.3 is 5.97 Å². The molecule has 2 nitrogen and oxygen atoms in total. The molecule has 1 saturated carbocycles. The Morgan fingerprint density at radius 1 is 1.31 bits per heavy atom. The zero-order valence-corrected chi connectivity index (χ0v) is 8.68. The van der Waals surface area contributed by atoms with Crippen LogP contribution in [0.1, 0.15) is 52.4 Å². The molecule has 1 rings (SSSR count). The van der Waals surface area contributed by atoms with Crippen molar-refractivity contribution < 1.29 is 9.90 Å². The summed E-state index contributed by atoms with van der Waals surface area (Å²) in [4.78, 5) is 11.0. The van der Waals surface area contributed by atoms with Crippen molar-refractivity contribution in [3.8, 4) is 0 Å². The van der Waals surface area contributed by atoms with Crippen LogP contribution in [0.25, 0.3) is 0 Å². The second-order valence-corrected chi connectivity index (χ2v) is 4.76. The first kappa shape index (κ1) is 10.6. The first-order valence-corrected chi connectivity index (χ1v) is 5.28. The highest BCUT2D eigenvalue weighted by molar-refractivity contribution is 5.74. The number of carbonyl (C=O) groups is 1. The summed E-state index contributed by atoms with van der Waals surface area (Å²) in [5, 5.41) is 9.08. The molecule has 13 heavy (non-hydrogen) atoms. The van der Waals surface area contributed by atoms with Crippen LogP contribution in [-0.2, 0) is 4.79 Å². The van der Waals surface area contributed by atoms with Crippen molar-refractivity contribution in [3.63, 3.8) is 0 Å². The molecule has 1 aliphatic rings. The number of carboxylic acids is 1. The smallest absolute Gasteiger partial charge is 0.309 e. The van der Waals surface area contributed by atoms with Crippen LogP contribution >= 0.6 is 0 Å². The molecule has 0 unspecified atom stereocenters. The van der Waals surface area contributed by atoms with E-state index in [4.69, 9.17) is 5.11 Å². The number of carboxylic acid groups (broad SMARTS) is 1. The van der Waals surface area contributed by atoms with E-state index in [-0.39, 0.29) is 0 Å². The molecule has 1 N–H and O–H groups in total. The third kappa shape index (κ3) is 2.71. The lowest BCUT2D eigenvalue weighted by Crippen LogP contribution is -2.28. The Balaban J connectivity index is 2.54. The lowest BCUT2D eigenvalue weighted by Gasteiger charge is -2.28. The largest absolute Gasteiger partial charge is 0.481 e. The predicted molar refractivity (Wildman–Crippen MR) is 52.6 cm³/mol. The minimum absolute atomic E-state index is 0.444. The lowest BCUT2D eigenvalue weighted by molar-refractivity contribution is -0.149. The van der Waals surface area contributed by atoms with Crippen LogP contribution in [-0.4, -0.2) is 11.1 Å². The average Bonchev–Trinajstić information content (AvgIpc) is 2.01. The molecule has 0 aromatic heterocycles. The molecule has 0 aromatic carbocycles. The van der Waals surface area contributed by atoms with Gasteiger partial charge in [-0.25, -0.2) is 0 Å². The van der Waals surface area contributed by atoms with Crippen molar-refractivity contribution in [3.05, 3.63) is 0 Å². The molecule has 1 fully saturated rings. The van der Waals surface area contributed by atoms with Gasteiger partial charge in [-0.15, -0.1) is 0 Å². The highest BCUT2D eigenvalue weighted by atomic mass is 16.4. The average molecular weight is 184 g/mol. The molecule has 76 valence electrons. The molecule has 0 atom stereocenters. The molecule has 0 saturated heterocycles. The van der Waals surface area contributed by atoms with E-state index < -0.39 is 11.4 Å². The van der Waals surface area contributed by atoms with Gasteiger partial charge in [-0.2, -0.15) is 0 Å². The zero-order chi connectivity index (χ0) is 9.90. The second kappa shape index (κ2) is 4.12. The summed E-state index contributed by atoms with van der Waals surface area (Å²) in [7, 11) is 0. The van der Waals surface area contributed by atoms with Crippen LogP contribution in [0.3, 0.4) is 0 Å². The van der Waals surface area contributed by atoms with E-state index in [2.05, 4.69) is 6.92 Å². The minimum atomic E-state index is -0.609.